The first-order chi connectivity index (χ1) is 9.81. The van der Waals surface area contributed by atoms with E-state index in [2.05, 4.69) is 40.0 Å². The first-order valence-corrected chi connectivity index (χ1v) is 7.24. The summed E-state index contributed by atoms with van der Waals surface area (Å²) in [6.45, 7) is 3.92. The average Bonchev–Trinajstić information content (AvgIpc) is 3.12. The second-order valence-electron chi connectivity index (χ2n) is 5.14. The van der Waals surface area contributed by atoms with Gasteiger partial charge in [0, 0.05) is 37.8 Å². The van der Waals surface area contributed by atoms with Crippen LogP contribution in [0.1, 0.15) is 29.9 Å². The molecule has 0 radical (unpaired) electrons. The normalized spacial score (nSPS) is 14.9. The first kappa shape index (κ1) is 13.2. The molecule has 1 aliphatic heterocycles. The van der Waals surface area contributed by atoms with Crippen LogP contribution < -0.4 is 10.1 Å². The molecule has 0 bridgehead atoms. The first-order valence-electron chi connectivity index (χ1n) is 7.24. The molecule has 2 aromatic rings. The second-order valence-corrected chi connectivity index (χ2v) is 5.14. The highest BCUT2D eigenvalue weighted by atomic mass is 16.5. The molecule has 3 rings (SSSR count). The summed E-state index contributed by atoms with van der Waals surface area (Å²) in [6.07, 6.45) is 5.83. The van der Waals surface area contributed by atoms with Gasteiger partial charge in [0.1, 0.15) is 11.6 Å². The lowest BCUT2D eigenvalue weighted by molar-refractivity contribution is 0.356. The molecule has 1 atom stereocenters. The molecular formula is C16H21N3O. The molecule has 0 saturated carbocycles. The number of likely N-dealkylation sites (N-methyl/N-ethyl adjacent to an activating group) is 1. The number of aryl methyl sites for hydroxylation is 1. The third-order valence-electron chi connectivity index (χ3n) is 3.99. The Morgan fingerprint density at radius 2 is 2.35 bits per heavy atom. The van der Waals surface area contributed by atoms with Gasteiger partial charge in [0.25, 0.3) is 0 Å². The number of aromatic nitrogens is 2. The number of fused-ring (bicyclic) bond motifs is 1. The molecule has 1 unspecified atom stereocenters. The van der Waals surface area contributed by atoms with Gasteiger partial charge in [0.2, 0.25) is 0 Å². The van der Waals surface area contributed by atoms with Gasteiger partial charge in [-0.1, -0.05) is 12.1 Å². The second kappa shape index (κ2) is 5.67. The van der Waals surface area contributed by atoms with Gasteiger partial charge >= 0.3 is 0 Å². The minimum absolute atomic E-state index is 0.286. The largest absolute Gasteiger partial charge is 0.493 e. The molecule has 1 aromatic heterocycles. The van der Waals surface area contributed by atoms with Crippen LogP contribution in [0.15, 0.2) is 30.6 Å². The monoisotopic (exact) mass is 271 g/mol. The molecule has 0 fully saturated rings. The predicted octanol–water partition coefficient (Wildman–Crippen LogP) is 2.34. The van der Waals surface area contributed by atoms with Crippen LogP contribution in [0.4, 0.5) is 0 Å². The molecule has 106 valence electrons. The Hall–Kier alpha value is -1.81. The topological polar surface area (TPSA) is 39.1 Å². The molecule has 4 nitrogen and oxygen atoms in total. The van der Waals surface area contributed by atoms with E-state index < -0.39 is 0 Å². The van der Waals surface area contributed by atoms with E-state index in [1.807, 2.05) is 19.4 Å². The van der Waals surface area contributed by atoms with Gasteiger partial charge in [-0.15, -0.1) is 0 Å². The van der Waals surface area contributed by atoms with E-state index in [9.17, 15) is 0 Å². The molecule has 0 aliphatic carbocycles. The van der Waals surface area contributed by atoms with Crippen LogP contribution >= 0.6 is 0 Å². The lowest BCUT2D eigenvalue weighted by Crippen LogP contribution is -2.20. The van der Waals surface area contributed by atoms with Crippen molar-refractivity contribution >= 4 is 0 Å². The van der Waals surface area contributed by atoms with Crippen molar-refractivity contribution in [3.05, 3.63) is 47.5 Å². The molecule has 1 N–H and O–H groups in total. The summed E-state index contributed by atoms with van der Waals surface area (Å²) < 4.78 is 7.77. The van der Waals surface area contributed by atoms with Gasteiger partial charge in [-0.2, -0.15) is 0 Å². The van der Waals surface area contributed by atoms with Crippen molar-refractivity contribution in [1.82, 2.24) is 14.9 Å². The Balaban J connectivity index is 1.83. The maximum Gasteiger partial charge on any atom is 0.122 e. The number of nitrogens with one attached hydrogen (secondary N) is 1. The molecule has 0 saturated heterocycles. The van der Waals surface area contributed by atoms with Crippen LogP contribution in [-0.2, 0) is 19.4 Å². The van der Waals surface area contributed by atoms with Crippen LogP contribution in [0.2, 0.25) is 0 Å². The van der Waals surface area contributed by atoms with Crippen molar-refractivity contribution in [1.29, 1.82) is 0 Å². The summed E-state index contributed by atoms with van der Waals surface area (Å²) in [4.78, 5) is 4.47. The van der Waals surface area contributed by atoms with Crippen LogP contribution in [0.25, 0.3) is 0 Å². The molecule has 1 aliphatic rings. The number of benzene rings is 1. The Labute approximate surface area is 119 Å². The molecule has 0 amide bonds. The Kier molecular flexibility index (Phi) is 3.74. The van der Waals surface area contributed by atoms with E-state index in [1.54, 1.807) is 0 Å². The Morgan fingerprint density at radius 1 is 1.45 bits per heavy atom. The minimum atomic E-state index is 0.286. The SMILES string of the molecule is CCn1ccnc1CC(NC)c1ccc2c(c1)CCO2. The highest BCUT2D eigenvalue weighted by molar-refractivity contribution is 5.41. The Bertz CT molecular complexity index is 591. The van der Waals surface area contributed by atoms with E-state index in [4.69, 9.17) is 4.74 Å². The smallest absolute Gasteiger partial charge is 0.122 e. The lowest BCUT2D eigenvalue weighted by atomic mass is 10.00. The average molecular weight is 271 g/mol. The molecule has 2 heterocycles. The van der Waals surface area contributed by atoms with Gasteiger partial charge in [-0.3, -0.25) is 0 Å². The molecule has 4 heteroatoms. The number of hydrogen-bond acceptors (Lipinski definition) is 3. The van der Waals surface area contributed by atoms with Crippen molar-refractivity contribution in [2.24, 2.45) is 0 Å². The highest BCUT2D eigenvalue weighted by Crippen LogP contribution is 2.29. The third-order valence-corrected chi connectivity index (χ3v) is 3.99. The zero-order chi connectivity index (χ0) is 13.9. The van der Waals surface area contributed by atoms with Gasteiger partial charge < -0.3 is 14.6 Å². The Morgan fingerprint density at radius 3 is 3.15 bits per heavy atom. The lowest BCUT2D eigenvalue weighted by Gasteiger charge is -2.17. The minimum Gasteiger partial charge on any atom is -0.493 e. The van der Waals surface area contributed by atoms with Crippen LogP contribution in [0, 0.1) is 0 Å². The summed E-state index contributed by atoms with van der Waals surface area (Å²) in [7, 11) is 2.01. The van der Waals surface area contributed by atoms with Crippen LogP contribution in [-0.4, -0.2) is 23.2 Å². The van der Waals surface area contributed by atoms with E-state index in [0.29, 0.717) is 0 Å². The summed E-state index contributed by atoms with van der Waals surface area (Å²) in [5, 5.41) is 3.40. The van der Waals surface area contributed by atoms with Crippen molar-refractivity contribution < 1.29 is 4.74 Å². The maximum absolute atomic E-state index is 5.57. The number of rotatable bonds is 5. The zero-order valence-electron chi connectivity index (χ0n) is 12.1. The van der Waals surface area contributed by atoms with E-state index in [0.717, 1.165) is 37.6 Å². The van der Waals surface area contributed by atoms with Gasteiger partial charge in [-0.05, 0) is 31.2 Å². The number of ether oxygens (including phenoxy) is 1. The molecular weight excluding hydrogens is 250 g/mol. The van der Waals surface area contributed by atoms with Crippen LogP contribution in [0.5, 0.6) is 5.75 Å². The maximum atomic E-state index is 5.57. The molecule has 1 aromatic carbocycles. The van der Waals surface area contributed by atoms with Crippen LogP contribution in [0.3, 0.4) is 0 Å². The van der Waals surface area contributed by atoms with Gasteiger partial charge in [0.15, 0.2) is 0 Å². The van der Waals surface area contributed by atoms with Gasteiger partial charge in [0.05, 0.1) is 6.61 Å². The fraction of sp³-hybridized carbons (Fsp3) is 0.438. The summed E-state index contributed by atoms with van der Waals surface area (Å²) in [5.41, 5.74) is 2.63. The van der Waals surface area contributed by atoms with Crippen molar-refractivity contribution in [2.45, 2.75) is 32.4 Å². The quantitative estimate of drug-likeness (QED) is 0.907. The summed E-state index contributed by atoms with van der Waals surface area (Å²) in [5.74, 6) is 2.17. The van der Waals surface area contributed by atoms with Crippen molar-refractivity contribution in [2.75, 3.05) is 13.7 Å². The zero-order valence-corrected chi connectivity index (χ0v) is 12.1. The third kappa shape index (κ3) is 2.43. The number of nitrogens with zero attached hydrogens (tertiary/aromatic N) is 2. The predicted molar refractivity (Wildman–Crippen MR) is 79.0 cm³/mol. The summed E-state index contributed by atoms with van der Waals surface area (Å²) >= 11 is 0. The fourth-order valence-electron chi connectivity index (χ4n) is 2.81. The van der Waals surface area contributed by atoms with E-state index in [1.165, 1.54) is 11.1 Å². The fourth-order valence-corrected chi connectivity index (χ4v) is 2.81. The van der Waals surface area contributed by atoms with E-state index in [-0.39, 0.29) is 6.04 Å². The number of hydrogen-bond donors (Lipinski definition) is 1. The van der Waals surface area contributed by atoms with Crippen molar-refractivity contribution in [3.63, 3.8) is 0 Å². The number of imidazole rings is 1. The highest BCUT2D eigenvalue weighted by Gasteiger charge is 2.17. The standard InChI is InChI=1S/C16H21N3O/c1-3-19-8-7-18-16(19)11-14(17-2)12-4-5-15-13(10-12)6-9-20-15/h4-5,7-8,10,14,17H,3,6,9,11H2,1-2H3. The van der Waals surface area contributed by atoms with Crippen molar-refractivity contribution in [3.8, 4) is 5.75 Å². The molecule has 0 spiro atoms. The van der Waals surface area contributed by atoms with Gasteiger partial charge in [-0.25, -0.2) is 4.98 Å². The summed E-state index contributed by atoms with van der Waals surface area (Å²) in [6, 6.07) is 6.80. The van der Waals surface area contributed by atoms with E-state index >= 15 is 0 Å². The molecule has 20 heavy (non-hydrogen) atoms.